The van der Waals surface area contributed by atoms with E-state index in [0.29, 0.717) is 29.4 Å². The average Bonchev–Trinajstić information content (AvgIpc) is 2.96. The van der Waals surface area contributed by atoms with Crippen molar-refractivity contribution in [2.45, 2.75) is 31.2 Å². The highest BCUT2D eigenvalue weighted by molar-refractivity contribution is 7.90. The Morgan fingerprint density at radius 2 is 1.96 bits per heavy atom. The summed E-state index contributed by atoms with van der Waals surface area (Å²) in [6.45, 7) is 4.32. The first-order chi connectivity index (χ1) is 11.7. The van der Waals surface area contributed by atoms with Crippen LogP contribution in [-0.4, -0.2) is 44.2 Å². The van der Waals surface area contributed by atoms with Crippen molar-refractivity contribution in [3.8, 4) is 0 Å². The SMILES string of the molecule is Cc1cc(NC(=O)CCN(C)C(C)c2ccc(S(C)(=O)=O)cc2)no1. The van der Waals surface area contributed by atoms with Gasteiger partial charge in [0.15, 0.2) is 15.7 Å². The van der Waals surface area contributed by atoms with Gasteiger partial charge in [-0.2, -0.15) is 0 Å². The predicted octanol–water partition coefficient (Wildman–Crippen LogP) is 2.41. The van der Waals surface area contributed by atoms with Gasteiger partial charge in [-0.3, -0.25) is 9.69 Å². The van der Waals surface area contributed by atoms with Crippen LogP contribution in [0.1, 0.15) is 30.7 Å². The summed E-state index contributed by atoms with van der Waals surface area (Å²) in [6, 6.07) is 8.53. The summed E-state index contributed by atoms with van der Waals surface area (Å²) >= 11 is 0. The lowest BCUT2D eigenvalue weighted by molar-refractivity contribution is -0.116. The van der Waals surface area contributed by atoms with Crippen molar-refractivity contribution >= 4 is 21.6 Å². The van der Waals surface area contributed by atoms with Gasteiger partial charge in [-0.1, -0.05) is 17.3 Å². The summed E-state index contributed by atoms with van der Waals surface area (Å²) in [4.78, 5) is 14.3. The minimum Gasteiger partial charge on any atom is -0.360 e. The largest absolute Gasteiger partial charge is 0.360 e. The number of amides is 1. The van der Waals surface area contributed by atoms with Crippen molar-refractivity contribution in [1.82, 2.24) is 10.1 Å². The van der Waals surface area contributed by atoms with Gasteiger partial charge < -0.3 is 9.84 Å². The molecule has 2 rings (SSSR count). The number of nitrogens with one attached hydrogen (secondary N) is 1. The standard InChI is InChI=1S/C17H23N3O4S/c1-12-11-16(19-24-12)18-17(21)9-10-20(3)13(2)14-5-7-15(8-6-14)25(4,22)23/h5-8,11,13H,9-10H2,1-4H3,(H,18,19,21). The van der Waals surface area contributed by atoms with E-state index in [4.69, 9.17) is 4.52 Å². The zero-order chi connectivity index (χ0) is 18.6. The zero-order valence-corrected chi connectivity index (χ0v) is 15.6. The van der Waals surface area contributed by atoms with Gasteiger partial charge in [0.05, 0.1) is 4.90 Å². The highest BCUT2D eigenvalue weighted by atomic mass is 32.2. The van der Waals surface area contributed by atoms with Crippen molar-refractivity contribution in [2.75, 3.05) is 25.2 Å². The van der Waals surface area contributed by atoms with Gasteiger partial charge in [0.2, 0.25) is 5.91 Å². The second kappa shape index (κ2) is 7.79. The lowest BCUT2D eigenvalue weighted by Crippen LogP contribution is -2.27. The maximum absolute atomic E-state index is 12.0. The number of hydrogen-bond donors (Lipinski definition) is 1. The molecule has 1 aromatic heterocycles. The first-order valence-electron chi connectivity index (χ1n) is 7.90. The Kier molecular flexibility index (Phi) is 5.97. The molecule has 136 valence electrons. The van der Waals surface area contributed by atoms with Crippen LogP contribution in [0, 0.1) is 6.92 Å². The number of aryl methyl sites for hydroxylation is 1. The maximum Gasteiger partial charge on any atom is 0.226 e. The van der Waals surface area contributed by atoms with Crippen molar-refractivity contribution in [3.05, 3.63) is 41.7 Å². The summed E-state index contributed by atoms with van der Waals surface area (Å²) in [5.41, 5.74) is 0.988. The fourth-order valence-corrected chi connectivity index (χ4v) is 2.98. The van der Waals surface area contributed by atoms with Gasteiger partial charge in [0, 0.05) is 31.3 Å². The van der Waals surface area contributed by atoms with E-state index in [9.17, 15) is 13.2 Å². The number of nitrogens with zero attached hydrogens (tertiary/aromatic N) is 2. The van der Waals surface area contributed by atoms with Crippen LogP contribution in [-0.2, 0) is 14.6 Å². The first-order valence-corrected chi connectivity index (χ1v) is 9.79. The van der Waals surface area contributed by atoms with Gasteiger partial charge in [0.25, 0.3) is 0 Å². The molecule has 1 aromatic carbocycles. The molecule has 0 spiro atoms. The second-order valence-electron chi connectivity index (χ2n) is 6.12. The van der Waals surface area contributed by atoms with E-state index >= 15 is 0 Å². The molecule has 1 N–H and O–H groups in total. The summed E-state index contributed by atoms with van der Waals surface area (Å²) in [5, 5.41) is 6.41. The van der Waals surface area contributed by atoms with E-state index in [1.165, 1.54) is 6.26 Å². The van der Waals surface area contributed by atoms with E-state index in [0.717, 1.165) is 5.56 Å². The van der Waals surface area contributed by atoms with Crippen molar-refractivity contribution in [2.24, 2.45) is 0 Å². The van der Waals surface area contributed by atoms with Crippen LogP contribution in [0.2, 0.25) is 0 Å². The minimum atomic E-state index is -3.20. The molecule has 8 heteroatoms. The Morgan fingerprint density at radius 1 is 1.32 bits per heavy atom. The van der Waals surface area contributed by atoms with Gasteiger partial charge >= 0.3 is 0 Å². The third-order valence-corrected chi connectivity index (χ3v) is 5.17. The summed E-state index contributed by atoms with van der Waals surface area (Å²) < 4.78 is 27.9. The van der Waals surface area contributed by atoms with E-state index in [1.54, 1.807) is 37.3 Å². The van der Waals surface area contributed by atoms with Crippen LogP contribution in [0.5, 0.6) is 0 Å². The van der Waals surface area contributed by atoms with Crippen LogP contribution in [0.25, 0.3) is 0 Å². The van der Waals surface area contributed by atoms with Gasteiger partial charge in [-0.05, 0) is 38.6 Å². The molecule has 0 saturated carbocycles. The fourth-order valence-electron chi connectivity index (χ4n) is 2.35. The number of aromatic nitrogens is 1. The normalized spacial score (nSPS) is 13.0. The smallest absolute Gasteiger partial charge is 0.226 e. The molecule has 0 aliphatic carbocycles. The summed E-state index contributed by atoms with van der Waals surface area (Å²) in [7, 11) is -1.28. The van der Waals surface area contributed by atoms with Crippen molar-refractivity contribution in [1.29, 1.82) is 0 Å². The summed E-state index contributed by atoms with van der Waals surface area (Å²) in [5.74, 6) is 0.910. The Morgan fingerprint density at radius 3 is 2.48 bits per heavy atom. The van der Waals surface area contributed by atoms with Gasteiger partial charge in [-0.15, -0.1) is 0 Å². The van der Waals surface area contributed by atoms with Crippen molar-refractivity contribution in [3.63, 3.8) is 0 Å². The number of anilines is 1. The van der Waals surface area contributed by atoms with Gasteiger partial charge in [0.1, 0.15) is 5.76 Å². The Hall–Kier alpha value is -2.19. The second-order valence-corrected chi connectivity index (χ2v) is 8.13. The highest BCUT2D eigenvalue weighted by Crippen LogP contribution is 2.21. The molecule has 25 heavy (non-hydrogen) atoms. The van der Waals surface area contributed by atoms with Crippen LogP contribution < -0.4 is 5.32 Å². The molecule has 1 heterocycles. The van der Waals surface area contributed by atoms with E-state index in [2.05, 4.69) is 10.5 Å². The van der Waals surface area contributed by atoms with E-state index in [1.807, 2.05) is 18.9 Å². The summed E-state index contributed by atoms with van der Waals surface area (Å²) in [6.07, 6.45) is 1.50. The molecule has 0 aliphatic rings. The number of carbonyl (C=O) groups is 1. The lowest BCUT2D eigenvalue weighted by Gasteiger charge is -2.25. The van der Waals surface area contributed by atoms with Crippen molar-refractivity contribution < 1.29 is 17.7 Å². The molecule has 0 aliphatic heterocycles. The average molecular weight is 365 g/mol. The molecule has 0 saturated heterocycles. The zero-order valence-electron chi connectivity index (χ0n) is 14.8. The quantitative estimate of drug-likeness (QED) is 0.810. The number of carbonyl (C=O) groups excluding carboxylic acids is 1. The molecule has 2 aromatic rings. The fraction of sp³-hybridized carbons (Fsp3) is 0.412. The van der Waals surface area contributed by atoms with E-state index < -0.39 is 9.84 Å². The third-order valence-electron chi connectivity index (χ3n) is 4.04. The number of rotatable bonds is 7. The minimum absolute atomic E-state index is 0.0516. The van der Waals surface area contributed by atoms with Crippen LogP contribution in [0.15, 0.2) is 39.8 Å². The Balaban J connectivity index is 1.89. The first kappa shape index (κ1) is 19.1. The topological polar surface area (TPSA) is 92.5 Å². The molecule has 1 unspecified atom stereocenters. The highest BCUT2D eigenvalue weighted by Gasteiger charge is 2.15. The van der Waals surface area contributed by atoms with E-state index in [-0.39, 0.29) is 11.9 Å². The molecule has 7 nitrogen and oxygen atoms in total. The Bertz CT molecular complexity index is 828. The lowest BCUT2D eigenvalue weighted by atomic mass is 10.1. The van der Waals surface area contributed by atoms with Gasteiger partial charge in [-0.25, -0.2) is 8.42 Å². The molecule has 1 atom stereocenters. The maximum atomic E-state index is 12.0. The number of hydrogen-bond acceptors (Lipinski definition) is 6. The van der Waals surface area contributed by atoms with Crippen LogP contribution >= 0.6 is 0 Å². The monoisotopic (exact) mass is 365 g/mol. The molecule has 0 radical (unpaired) electrons. The van der Waals surface area contributed by atoms with Crippen LogP contribution in [0.3, 0.4) is 0 Å². The predicted molar refractivity (Wildman–Crippen MR) is 95.1 cm³/mol. The number of benzene rings is 1. The van der Waals surface area contributed by atoms with Crippen LogP contribution in [0.4, 0.5) is 5.82 Å². The molecule has 0 bridgehead atoms. The third kappa shape index (κ3) is 5.40. The number of sulfone groups is 1. The molecule has 1 amide bonds. The molecular formula is C17H23N3O4S. The Labute approximate surface area is 147 Å². The molecular weight excluding hydrogens is 342 g/mol. The molecule has 0 fully saturated rings.